The lowest BCUT2D eigenvalue weighted by atomic mass is 10.2. The van der Waals surface area contributed by atoms with Gasteiger partial charge in [0.15, 0.2) is 0 Å². The molecule has 7 nitrogen and oxygen atoms in total. The number of hydrogen-bond donors (Lipinski definition) is 3. The number of carbonyl (C=O) groups excluding carboxylic acids is 1. The summed E-state index contributed by atoms with van der Waals surface area (Å²) in [5.74, 6) is -2.12. The van der Waals surface area contributed by atoms with Crippen LogP contribution >= 0.6 is 11.6 Å². The average molecular weight is 321 g/mol. The van der Waals surface area contributed by atoms with E-state index >= 15 is 0 Å². The summed E-state index contributed by atoms with van der Waals surface area (Å²) < 4.78 is 26.1. The summed E-state index contributed by atoms with van der Waals surface area (Å²) in [6.45, 7) is 0. The first-order chi connectivity index (χ1) is 9.24. The molecule has 1 atom stereocenters. The molecule has 1 rings (SSSR count). The van der Waals surface area contributed by atoms with Gasteiger partial charge in [0.05, 0.1) is 5.02 Å². The fraction of sp³-hybridized carbons (Fsp3) is 0.273. The van der Waals surface area contributed by atoms with E-state index in [1.807, 2.05) is 4.72 Å². The Kier molecular flexibility index (Phi) is 5.49. The van der Waals surface area contributed by atoms with Crippen LogP contribution in [0.3, 0.4) is 0 Å². The highest BCUT2D eigenvalue weighted by molar-refractivity contribution is 7.89. The predicted octanol–water partition coefficient (Wildman–Crippen LogP) is 0.337. The molecule has 0 heterocycles. The molecule has 0 aromatic heterocycles. The maximum Gasteiger partial charge on any atom is 0.321 e. The van der Waals surface area contributed by atoms with E-state index in [1.165, 1.54) is 18.2 Å². The van der Waals surface area contributed by atoms with Gasteiger partial charge in [0.2, 0.25) is 15.9 Å². The van der Waals surface area contributed by atoms with Crippen molar-refractivity contribution in [2.45, 2.75) is 23.8 Å². The Morgan fingerprint density at radius 1 is 1.35 bits per heavy atom. The SMILES string of the molecule is NC(=O)CCC(NS(=O)(=O)c1ccccc1Cl)C(=O)O. The van der Waals surface area contributed by atoms with Gasteiger partial charge >= 0.3 is 5.97 Å². The summed E-state index contributed by atoms with van der Waals surface area (Å²) in [5.41, 5.74) is 4.91. The number of amides is 1. The Morgan fingerprint density at radius 2 is 1.95 bits per heavy atom. The third-order valence-corrected chi connectivity index (χ3v) is 4.37. The quantitative estimate of drug-likeness (QED) is 0.667. The normalized spacial score (nSPS) is 12.8. The number of carbonyl (C=O) groups is 2. The smallest absolute Gasteiger partial charge is 0.321 e. The van der Waals surface area contributed by atoms with E-state index in [4.69, 9.17) is 22.4 Å². The molecular weight excluding hydrogens is 308 g/mol. The van der Waals surface area contributed by atoms with Crippen LogP contribution in [0.4, 0.5) is 0 Å². The maximum absolute atomic E-state index is 12.0. The molecule has 1 amide bonds. The summed E-state index contributed by atoms with van der Waals surface area (Å²) >= 11 is 5.76. The zero-order valence-electron chi connectivity index (χ0n) is 10.2. The second-order valence-electron chi connectivity index (χ2n) is 3.95. The van der Waals surface area contributed by atoms with Crippen LogP contribution in [0.1, 0.15) is 12.8 Å². The van der Waals surface area contributed by atoms with Crippen LogP contribution < -0.4 is 10.5 Å². The first-order valence-corrected chi connectivity index (χ1v) is 7.38. The summed E-state index contributed by atoms with van der Waals surface area (Å²) in [6.07, 6.45) is -0.490. The van der Waals surface area contributed by atoms with Gasteiger partial charge in [0.1, 0.15) is 10.9 Å². The highest BCUT2D eigenvalue weighted by Crippen LogP contribution is 2.20. The van der Waals surface area contributed by atoms with Crippen molar-refractivity contribution in [1.29, 1.82) is 0 Å². The molecule has 4 N–H and O–H groups in total. The van der Waals surface area contributed by atoms with Gasteiger partial charge in [-0.25, -0.2) is 8.42 Å². The predicted molar refractivity (Wildman–Crippen MR) is 71.6 cm³/mol. The van der Waals surface area contributed by atoms with Gasteiger partial charge in [-0.1, -0.05) is 23.7 Å². The first kappa shape index (κ1) is 16.4. The number of primary amides is 1. The van der Waals surface area contributed by atoms with Gasteiger partial charge < -0.3 is 10.8 Å². The molecule has 20 heavy (non-hydrogen) atoms. The first-order valence-electron chi connectivity index (χ1n) is 5.52. The van der Waals surface area contributed by atoms with Crippen LogP contribution in [0, 0.1) is 0 Å². The number of carboxylic acid groups (broad SMARTS) is 1. The monoisotopic (exact) mass is 320 g/mol. The van der Waals surface area contributed by atoms with Crippen LogP contribution in [0.5, 0.6) is 0 Å². The topological polar surface area (TPSA) is 127 Å². The average Bonchev–Trinajstić information content (AvgIpc) is 2.34. The zero-order valence-corrected chi connectivity index (χ0v) is 11.8. The van der Waals surface area contributed by atoms with Crippen LogP contribution in [0.2, 0.25) is 5.02 Å². The molecule has 0 fully saturated rings. The van der Waals surface area contributed by atoms with Gasteiger partial charge in [-0.05, 0) is 18.6 Å². The van der Waals surface area contributed by atoms with E-state index in [9.17, 15) is 18.0 Å². The molecule has 110 valence electrons. The molecular formula is C11H13ClN2O5S. The van der Waals surface area contributed by atoms with Crippen molar-refractivity contribution in [3.05, 3.63) is 29.3 Å². The minimum atomic E-state index is -4.10. The molecule has 0 aliphatic heterocycles. The van der Waals surface area contributed by atoms with Crippen LogP contribution in [-0.4, -0.2) is 31.4 Å². The Balaban J connectivity index is 2.95. The number of aliphatic carboxylic acids is 1. The lowest BCUT2D eigenvalue weighted by Gasteiger charge is -2.14. The molecule has 0 radical (unpaired) electrons. The molecule has 0 aliphatic carbocycles. The lowest BCUT2D eigenvalue weighted by molar-refractivity contribution is -0.139. The van der Waals surface area contributed by atoms with Crippen molar-refractivity contribution in [1.82, 2.24) is 4.72 Å². The summed E-state index contributed by atoms with van der Waals surface area (Å²) in [4.78, 5) is 21.4. The van der Waals surface area contributed by atoms with Crippen molar-refractivity contribution >= 4 is 33.5 Å². The van der Waals surface area contributed by atoms with E-state index in [0.29, 0.717) is 0 Å². The minimum absolute atomic E-state index is 0.0287. The largest absolute Gasteiger partial charge is 0.480 e. The van der Waals surface area contributed by atoms with Crippen LogP contribution in [0.25, 0.3) is 0 Å². The zero-order chi connectivity index (χ0) is 15.3. The van der Waals surface area contributed by atoms with E-state index in [0.717, 1.165) is 0 Å². The van der Waals surface area contributed by atoms with Crippen LogP contribution in [-0.2, 0) is 19.6 Å². The molecule has 0 saturated carbocycles. The summed E-state index contributed by atoms with van der Waals surface area (Å²) in [7, 11) is -4.10. The summed E-state index contributed by atoms with van der Waals surface area (Å²) in [5, 5.41) is 8.92. The second kappa shape index (κ2) is 6.69. The molecule has 0 aliphatic rings. The second-order valence-corrected chi connectivity index (χ2v) is 6.04. The molecule has 0 bridgehead atoms. The van der Waals surface area contributed by atoms with Crippen molar-refractivity contribution in [3.8, 4) is 0 Å². The molecule has 0 saturated heterocycles. The third kappa shape index (κ3) is 4.48. The number of rotatable bonds is 7. The van der Waals surface area contributed by atoms with E-state index in [2.05, 4.69) is 0 Å². The number of carboxylic acids is 1. The number of nitrogens with two attached hydrogens (primary N) is 1. The van der Waals surface area contributed by atoms with Crippen molar-refractivity contribution in [2.75, 3.05) is 0 Å². The van der Waals surface area contributed by atoms with Crippen molar-refractivity contribution < 1.29 is 23.1 Å². The lowest BCUT2D eigenvalue weighted by Crippen LogP contribution is -2.41. The molecule has 9 heteroatoms. The van der Waals surface area contributed by atoms with E-state index in [-0.39, 0.29) is 22.8 Å². The van der Waals surface area contributed by atoms with Crippen molar-refractivity contribution in [2.24, 2.45) is 5.73 Å². The molecule has 1 aromatic rings. The minimum Gasteiger partial charge on any atom is -0.480 e. The number of benzene rings is 1. The maximum atomic E-state index is 12.0. The molecule has 0 spiro atoms. The summed E-state index contributed by atoms with van der Waals surface area (Å²) in [6, 6.07) is 4.17. The molecule has 1 unspecified atom stereocenters. The highest BCUT2D eigenvalue weighted by atomic mass is 35.5. The third-order valence-electron chi connectivity index (χ3n) is 2.40. The van der Waals surface area contributed by atoms with Gasteiger partial charge in [-0.15, -0.1) is 0 Å². The van der Waals surface area contributed by atoms with Gasteiger partial charge in [-0.3, -0.25) is 9.59 Å². The fourth-order valence-electron chi connectivity index (χ4n) is 1.43. The van der Waals surface area contributed by atoms with E-state index < -0.39 is 27.9 Å². The standard InChI is InChI=1S/C11H13ClN2O5S/c12-7-3-1-2-4-9(7)20(18,19)14-8(11(16)17)5-6-10(13)15/h1-4,8,14H,5-6H2,(H2,13,15)(H,16,17). The number of nitrogens with one attached hydrogen (secondary N) is 1. The van der Waals surface area contributed by atoms with Crippen molar-refractivity contribution in [3.63, 3.8) is 0 Å². The number of sulfonamides is 1. The number of halogens is 1. The van der Waals surface area contributed by atoms with E-state index in [1.54, 1.807) is 6.07 Å². The van der Waals surface area contributed by atoms with Gasteiger partial charge in [-0.2, -0.15) is 4.72 Å². The van der Waals surface area contributed by atoms with Crippen LogP contribution in [0.15, 0.2) is 29.2 Å². The van der Waals surface area contributed by atoms with Gasteiger partial charge in [0.25, 0.3) is 0 Å². The Bertz CT molecular complexity index is 617. The Hall–Kier alpha value is -1.64. The van der Waals surface area contributed by atoms with Gasteiger partial charge in [0, 0.05) is 6.42 Å². The number of hydrogen-bond acceptors (Lipinski definition) is 4. The fourth-order valence-corrected chi connectivity index (χ4v) is 3.18. The Labute approximate surface area is 120 Å². The Morgan fingerprint density at radius 3 is 2.45 bits per heavy atom. The molecule has 1 aromatic carbocycles. The highest BCUT2D eigenvalue weighted by Gasteiger charge is 2.26.